The van der Waals surface area contributed by atoms with Gasteiger partial charge < -0.3 is 4.57 Å². The molecular weight excluding hydrogens is 210 g/mol. The molecule has 0 atom stereocenters. The molecule has 0 saturated carbocycles. The first-order valence-corrected chi connectivity index (χ1v) is 5.37. The summed E-state index contributed by atoms with van der Waals surface area (Å²) in [5, 5.41) is 0.796. The molecule has 0 bridgehead atoms. The van der Waals surface area contributed by atoms with Gasteiger partial charge in [-0.2, -0.15) is 0 Å². The van der Waals surface area contributed by atoms with Crippen molar-refractivity contribution in [3.63, 3.8) is 0 Å². The zero-order chi connectivity index (χ0) is 11.0. The van der Waals surface area contributed by atoms with Crippen molar-refractivity contribution in [2.75, 3.05) is 0 Å². The second-order valence-corrected chi connectivity index (χ2v) is 4.35. The predicted octanol–water partition coefficient (Wildman–Crippen LogP) is 2.05. The topological polar surface area (TPSA) is 47.8 Å². The van der Waals surface area contributed by atoms with Crippen LogP contribution in [0, 0.1) is 6.92 Å². The number of hydrogen-bond donors (Lipinski definition) is 0. The van der Waals surface area contributed by atoms with Crippen molar-refractivity contribution >= 4 is 17.1 Å². The van der Waals surface area contributed by atoms with Gasteiger partial charge in [0.1, 0.15) is 0 Å². The number of Topliss-reactive ketones (excluding diaryl/α,β-unsaturated/α-hetero) is 1. The van der Waals surface area contributed by atoms with Crippen LogP contribution in [0.15, 0.2) is 12.4 Å². The van der Waals surface area contributed by atoms with Crippen LogP contribution in [0.5, 0.6) is 0 Å². The Morgan fingerprint density at radius 2 is 2.27 bits per heavy atom. The Bertz CT molecular complexity index is 512. The Kier molecular flexibility index (Phi) is 2.40. The third kappa shape index (κ3) is 1.70. The van der Waals surface area contributed by atoms with Crippen LogP contribution in [-0.2, 0) is 7.05 Å². The largest absolute Gasteiger partial charge is 0.332 e. The van der Waals surface area contributed by atoms with Crippen molar-refractivity contribution in [2.45, 2.75) is 13.8 Å². The van der Waals surface area contributed by atoms with Crippen LogP contribution in [0.1, 0.15) is 22.3 Å². The normalized spacial score (nSPS) is 10.6. The minimum atomic E-state index is 0.0606. The number of aryl methyl sites for hydroxylation is 2. The van der Waals surface area contributed by atoms with Crippen LogP contribution in [0.3, 0.4) is 0 Å². The number of carbonyl (C=O) groups is 1. The molecule has 0 aliphatic rings. The summed E-state index contributed by atoms with van der Waals surface area (Å²) in [6.45, 7) is 3.41. The van der Waals surface area contributed by atoms with E-state index in [9.17, 15) is 4.79 Å². The molecule has 2 aromatic heterocycles. The van der Waals surface area contributed by atoms with E-state index in [0.717, 1.165) is 16.5 Å². The number of hydrogen-bond acceptors (Lipinski definition) is 4. The smallest absolute Gasteiger partial charge is 0.171 e. The van der Waals surface area contributed by atoms with Gasteiger partial charge in [0.15, 0.2) is 16.6 Å². The maximum absolute atomic E-state index is 11.3. The number of carbonyl (C=O) groups excluding carboxylic acids is 1. The summed E-state index contributed by atoms with van der Waals surface area (Å²) in [7, 11) is 1.91. The molecule has 0 aliphatic carbocycles. The van der Waals surface area contributed by atoms with Crippen LogP contribution in [0.25, 0.3) is 10.8 Å². The molecule has 0 fully saturated rings. The molecule has 0 spiro atoms. The monoisotopic (exact) mass is 221 g/mol. The standard InChI is InChI=1S/C10H11N3OS/c1-6-8(7(2)14)15-10(12-6)9-11-4-5-13(9)3/h4-5H,1-3H3. The molecular formula is C10H11N3OS. The molecule has 15 heavy (non-hydrogen) atoms. The molecule has 0 amide bonds. The predicted molar refractivity (Wildman–Crippen MR) is 59.1 cm³/mol. The van der Waals surface area contributed by atoms with Gasteiger partial charge in [0.05, 0.1) is 10.6 Å². The van der Waals surface area contributed by atoms with Gasteiger partial charge in [0.2, 0.25) is 0 Å². The lowest BCUT2D eigenvalue weighted by molar-refractivity contribution is 0.102. The van der Waals surface area contributed by atoms with Crippen LogP contribution in [0.4, 0.5) is 0 Å². The van der Waals surface area contributed by atoms with Gasteiger partial charge in [-0.15, -0.1) is 11.3 Å². The summed E-state index contributed by atoms with van der Waals surface area (Å²) in [4.78, 5) is 20.5. The van der Waals surface area contributed by atoms with E-state index in [-0.39, 0.29) is 5.78 Å². The lowest BCUT2D eigenvalue weighted by Crippen LogP contribution is -1.90. The molecule has 0 radical (unpaired) electrons. The van der Waals surface area contributed by atoms with Gasteiger partial charge in [0.25, 0.3) is 0 Å². The SMILES string of the molecule is CC(=O)c1sc(-c2nccn2C)nc1C. The highest BCUT2D eigenvalue weighted by molar-refractivity contribution is 7.17. The highest BCUT2D eigenvalue weighted by Gasteiger charge is 2.14. The van der Waals surface area contributed by atoms with Gasteiger partial charge in [-0.1, -0.05) is 0 Å². The summed E-state index contributed by atoms with van der Waals surface area (Å²) in [5.74, 6) is 0.862. The molecule has 2 rings (SSSR count). The van der Waals surface area contributed by atoms with E-state index in [4.69, 9.17) is 0 Å². The van der Waals surface area contributed by atoms with Gasteiger partial charge >= 0.3 is 0 Å². The molecule has 2 heterocycles. The van der Waals surface area contributed by atoms with Crippen LogP contribution in [-0.4, -0.2) is 20.3 Å². The van der Waals surface area contributed by atoms with Gasteiger partial charge in [-0.05, 0) is 6.92 Å². The molecule has 0 aliphatic heterocycles. The van der Waals surface area contributed by atoms with Crippen molar-refractivity contribution < 1.29 is 4.79 Å². The Morgan fingerprint density at radius 1 is 1.53 bits per heavy atom. The van der Waals surface area contributed by atoms with Crippen molar-refractivity contribution in [3.8, 4) is 10.8 Å². The second-order valence-electron chi connectivity index (χ2n) is 3.35. The molecule has 78 valence electrons. The molecule has 4 nitrogen and oxygen atoms in total. The number of imidazole rings is 1. The fourth-order valence-corrected chi connectivity index (χ4v) is 2.39. The quantitative estimate of drug-likeness (QED) is 0.729. The minimum absolute atomic E-state index is 0.0606. The number of aromatic nitrogens is 3. The van der Waals surface area contributed by atoms with Crippen molar-refractivity contribution in [1.29, 1.82) is 0 Å². The summed E-state index contributed by atoms with van der Waals surface area (Å²) < 4.78 is 1.89. The molecule has 0 N–H and O–H groups in total. The lowest BCUT2D eigenvalue weighted by Gasteiger charge is -1.94. The number of rotatable bonds is 2. The summed E-state index contributed by atoms with van der Waals surface area (Å²) in [5.41, 5.74) is 0.783. The maximum Gasteiger partial charge on any atom is 0.171 e. The first kappa shape index (κ1) is 10.0. The van der Waals surface area contributed by atoms with E-state index in [2.05, 4.69) is 9.97 Å². The minimum Gasteiger partial charge on any atom is -0.332 e. The van der Waals surface area contributed by atoms with Gasteiger partial charge in [-0.3, -0.25) is 4.79 Å². The summed E-state index contributed by atoms with van der Waals surface area (Å²) in [6, 6.07) is 0. The van der Waals surface area contributed by atoms with Gasteiger partial charge in [0, 0.05) is 26.4 Å². The number of ketones is 1. The van der Waals surface area contributed by atoms with E-state index in [1.165, 1.54) is 11.3 Å². The third-order valence-corrected chi connectivity index (χ3v) is 3.38. The molecule has 0 saturated heterocycles. The zero-order valence-electron chi connectivity index (χ0n) is 8.81. The summed E-state index contributed by atoms with van der Waals surface area (Å²) >= 11 is 1.40. The first-order chi connectivity index (χ1) is 7.09. The average Bonchev–Trinajstić information content (AvgIpc) is 2.71. The van der Waals surface area contributed by atoms with Gasteiger partial charge in [-0.25, -0.2) is 9.97 Å². The Balaban J connectivity index is 2.52. The van der Waals surface area contributed by atoms with Crippen molar-refractivity contribution in [1.82, 2.24) is 14.5 Å². The van der Waals surface area contributed by atoms with E-state index in [1.54, 1.807) is 13.1 Å². The summed E-state index contributed by atoms with van der Waals surface area (Å²) in [6.07, 6.45) is 3.58. The molecule has 0 unspecified atom stereocenters. The molecule has 5 heteroatoms. The maximum atomic E-state index is 11.3. The Labute approximate surface area is 91.6 Å². The first-order valence-electron chi connectivity index (χ1n) is 4.55. The third-order valence-electron chi connectivity index (χ3n) is 2.13. The van der Waals surface area contributed by atoms with E-state index >= 15 is 0 Å². The molecule has 2 aromatic rings. The highest BCUT2D eigenvalue weighted by Crippen LogP contribution is 2.26. The molecule has 0 aromatic carbocycles. The average molecular weight is 221 g/mol. The highest BCUT2D eigenvalue weighted by atomic mass is 32.1. The number of thiazole rings is 1. The fourth-order valence-electron chi connectivity index (χ4n) is 1.39. The van der Waals surface area contributed by atoms with Crippen LogP contribution < -0.4 is 0 Å². The van der Waals surface area contributed by atoms with Crippen molar-refractivity contribution in [3.05, 3.63) is 23.0 Å². The second kappa shape index (κ2) is 3.58. The van der Waals surface area contributed by atoms with E-state index in [0.29, 0.717) is 4.88 Å². The van der Waals surface area contributed by atoms with Crippen LogP contribution >= 0.6 is 11.3 Å². The van der Waals surface area contributed by atoms with E-state index < -0.39 is 0 Å². The lowest BCUT2D eigenvalue weighted by atomic mass is 10.3. The Hall–Kier alpha value is -1.49. The fraction of sp³-hybridized carbons (Fsp3) is 0.300. The number of nitrogens with zero attached hydrogens (tertiary/aromatic N) is 3. The van der Waals surface area contributed by atoms with E-state index in [1.807, 2.05) is 24.7 Å². The van der Waals surface area contributed by atoms with Crippen LogP contribution in [0.2, 0.25) is 0 Å². The zero-order valence-corrected chi connectivity index (χ0v) is 9.63. The van der Waals surface area contributed by atoms with Crippen molar-refractivity contribution in [2.24, 2.45) is 7.05 Å². The Morgan fingerprint density at radius 3 is 2.73 bits per heavy atom.